The molecule has 0 bridgehead atoms. The Kier molecular flexibility index (Phi) is 20.7. The summed E-state index contributed by atoms with van der Waals surface area (Å²) in [5.74, 6) is 1.23. The van der Waals surface area contributed by atoms with Gasteiger partial charge in [0, 0.05) is 18.8 Å². The van der Waals surface area contributed by atoms with Crippen LogP contribution in [0.3, 0.4) is 0 Å². The molecule has 35 heavy (non-hydrogen) atoms. The average molecular weight is 501 g/mol. The Morgan fingerprint density at radius 1 is 0.686 bits per heavy atom. The third kappa shape index (κ3) is 19.3. The third-order valence-corrected chi connectivity index (χ3v) is 5.21. The van der Waals surface area contributed by atoms with Crippen molar-refractivity contribution in [3.8, 4) is 0 Å². The molecule has 206 valence electrons. The Bertz CT molecular complexity index is 528. The minimum absolute atomic E-state index is 0.316. The Hall–Kier alpha value is -1.57. The molecule has 0 spiro atoms. The van der Waals surface area contributed by atoms with Crippen LogP contribution in [0.25, 0.3) is 0 Å². The second kappa shape index (κ2) is 21.7. The van der Waals surface area contributed by atoms with Gasteiger partial charge >= 0.3 is 5.97 Å². The molecule has 0 amide bonds. The lowest BCUT2D eigenvalue weighted by Crippen LogP contribution is -2.40. The molecule has 0 radical (unpaired) electrons. The van der Waals surface area contributed by atoms with Crippen molar-refractivity contribution in [1.29, 1.82) is 0 Å². The number of carbonyl (C=O) groups excluding carboxylic acids is 1. The number of unbranched alkanes of at least 4 members (excludes halogenated alkanes) is 1. The predicted octanol–water partition coefficient (Wildman–Crippen LogP) is 7.32. The first-order chi connectivity index (χ1) is 16.7. The van der Waals surface area contributed by atoms with Crippen molar-refractivity contribution in [3.63, 3.8) is 0 Å². The maximum Gasteiger partial charge on any atom is 0.346 e. The molecule has 0 N–H and O–H groups in total. The van der Waals surface area contributed by atoms with Crippen LogP contribution in [0.5, 0.6) is 0 Å². The van der Waals surface area contributed by atoms with Gasteiger partial charge < -0.3 is 19.2 Å². The second-order valence-electron chi connectivity index (χ2n) is 10.2. The molecule has 0 rings (SSSR count). The highest BCUT2D eigenvalue weighted by Gasteiger charge is 2.37. The number of carbonyl (C=O) groups is 1. The van der Waals surface area contributed by atoms with Crippen molar-refractivity contribution in [2.45, 2.75) is 105 Å². The van der Waals surface area contributed by atoms with Gasteiger partial charge in [0.15, 0.2) is 0 Å². The van der Waals surface area contributed by atoms with E-state index in [0.717, 1.165) is 51.4 Å². The first kappa shape index (κ1) is 33.4. The van der Waals surface area contributed by atoms with Crippen LogP contribution in [0.4, 0.5) is 0 Å². The molecule has 0 saturated carbocycles. The molecule has 1 atom stereocenters. The Morgan fingerprint density at radius 3 is 1.57 bits per heavy atom. The van der Waals surface area contributed by atoms with Gasteiger partial charge in [0.1, 0.15) is 12.5 Å². The summed E-state index contributed by atoms with van der Waals surface area (Å²) in [6.45, 7) is 16.6. The number of esters is 1. The number of hydrogen-bond acceptors (Lipinski definition) is 7. The normalized spacial score (nSPS) is 13.9. The summed E-state index contributed by atoms with van der Waals surface area (Å²) in [5, 5.41) is 0. The Labute approximate surface area is 214 Å². The summed E-state index contributed by atoms with van der Waals surface area (Å²) in [6.07, 6.45) is 13.0. The fourth-order valence-electron chi connectivity index (χ4n) is 3.03. The van der Waals surface area contributed by atoms with Gasteiger partial charge in [-0.3, -0.25) is 0 Å². The summed E-state index contributed by atoms with van der Waals surface area (Å²) < 4.78 is 11.6. The minimum atomic E-state index is -1.50. The van der Waals surface area contributed by atoms with E-state index in [2.05, 4.69) is 48.5 Å². The highest BCUT2D eigenvalue weighted by Crippen LogP contribution is 2.21. The van der Waals surface area contributed by atoms with Crippen molar-refractivity contribution in [2.75, 3.05) is 26.4 Å². The molecular weight excluding hydrogens is 448 g/mol. The lowest BCUT2D eigenvalue weighted by Gasteiger charge is -2.25. The molecule has 0 aromatic heterocycles. The van der Waals surface area contributed by atoms with Crippen LogP contribution in [-0.4, -0.2) is 38.0 Å². The van der Waals surface area contributed by atoms with Gasteiger partial charge in [-0.05, 0) is 62.7 Å². The van der Waals surface area contributed by atoms with Crippen LogP contribution in [0.1, 0.15) is 99.8 Å². The smallest absolute Gasteiger partial charge is 0.346 e. The van der Waals surface area contributed by atoms with Crippen LogP contribution in [0.2, 0.25) is 0 Å². The van der Waals surface area contributed by atoms with Gasteiger partial charge in [0.05, 0.1) is 19.8 Å². The van der Waals surface area contributed by atoms with Crippen molar-refractivity contribution in [3.05, 3.63) is 24.7 Å². The summed E-state index contributed by atoms with van der Waals surface area (Å²) in [5.41, 5.74) is -1.50. The largest absolute Gasteiger partial charge is 0.463 e. The lowest BCUT2D eigenvalue weighted by molar-refractivity contribution is -0.251. The molecule has 0 aliphatic rings. The van der Waals surface area contributed by atoms with E-state index in [1.807, 2.05) is 0 Å². The van der Waals surface area contributed by atoms with Crippen LogP contribution < -0.4 is 0 Å². The monoisotopic (exact) mass is 500 g/mol. The molecule has 0 aliphatic carbocycles. The molecule has 7 nitrogen and oxygen atoms in total. The quantitative estimate of drug-likeness (QED) is 0.0478. The average Bonchev–Trinajstić information content (AvgIpc) is 2.79. The Balaban J connectivity index is 5.20. The zero-order valence-corrected chi connectivity index (χ0v) is 23.4. The highest BCUT2D eigenvalue weighted by molar-refractivity contribution is 5.84. The van der Waals surface area contributed by atoms with Gasteiger partial charge in [0.2, 0.25) is 5.60 Å². The summed E-state index contributed by atoms with van der Waals surface area (Å²) in [7, 11) is 0. The maximum atomic E-state index is 13.1. The maximum absolute atomic E-state index is 13.1. The molecule has 7 heteroatoms. The van der Waals surface area contributed by atoms with E-state index in [9.17, 15) is 4.79 Å². The summed E-state index contributed by atoms with van der Waals surface area (Å²) in [4.78, 5) is 34.0. The first-order valence-electron chi connectivity index (χ1n) is 13.5. The van der Waals surface area contributed by atoms with E-state index in [-0.39, 0.29) is 0 Å². The van der Waals surface area contributed by atoms with Crippen molar-refractivity contribution in [1.82, 2.24) is 0 Å². The topological polar surface area (TPSA) is 72.5 Å². The van der Waals surface area contributed by atoms with Gasteiger partial charge in [-0.25, -0.2) is 4.79 Å². The molecule has 0 aromatic rings. The molecule has 0 saturated heterocycles. The van der Waals surface area contributed by atoms with Crippen molar-refractivity contribution in [2.24, 2.45) is 17.8 Å². The van der Waals surface area contributed by atoms with E-state index >= 15 is 0 Å². The first-order valence-corrected chi connectivity index (χ1v) is 13.5. The lowest BCUT2D eigenvalue weighted by atomic mass is 10.0. The molecule has 1 unspecified atom stereocenters. The molecule has 0 fully saturated rings. The third-order valence-electron chi connectivity index (χ3n) is 5.21. The van der Waals surface area contributed by atoms with Crippen LogP contribution in [-0.2, 0) is 33.8 Å². The molecular formula is C28H52O7. The number of ether oxygens (including phenoxy) is 2. The van der Waals surface area contributed by atoms with E-state index < -0.39 is 11.6 Å². The number of rotatable bonds is 23. The molecule has 0 heterocycles. The number of hydrogen-bond donors (Lipinski definition) is 0. The second-order valence-corrected chi connectivity index (χ2v) is 10.2. The van der Waals surface area contributed by atoms with Gasteiger partial charge in [-0.15, -0.1) is 0 Å². The highest BCUT2D eigenvalue weighted by atomic mass is 17.2. The van der Waals surface area contributed by atoms with Gasteiger partial charge in [-0.1, -0.05) is 54.9 Å². The predicted molar refractivity (Wildman–Crippen MR) is 139 cm³/mol. The van der Waals surface area contributed by atoms with Gasteiger partial charge in [0.25, 0.3) is 0 Å². The van der Waals surface area contributed by atoms with Gasteiger partial charge in [-0.2, -0.15) is 9.78 Å². The fraction of sp³-hybridized carbons (Fsp3) is 0.821. The SMILES string of the molecule is CCCCOC(/C=C\OOCCCC(C)C)(/C=C/OOCCCC(C)C)C(=O)OCCCC(C)C. The molecule has 0 aliphatic heterocycles. The minimum Gasteiger partial charge on any atom is -0.463 e. The van der Waals surface area contributed by atoms with Crippen LogP contribution in [0.15, 0.2) is 24.7 Å². The van der Waals surface area contributed by atoms with Crippen molar-refractivity contribution < 1.29 is 33.8 Å². The summed E-state index contributed by atoms with van der Waals surface area (Å²) >= 11 is 0. The van der Waals surface area contributed by atoms with Crippen LogP contribution in [0, 0.1) is 17.8 Å². The standard InChI is InChI=1S/C28H52O7/c1-8-9-19-31-28(27(29)30-18-10-13-24(2)3,16-22-34-32-20-11-14-25(4)5)17-23-35-33-21-12-15-26(6)7/h16-17,22-26H,8-15,18-21H2,1-7H3/b22-16-,23-17+. The van der Waals surface area contributed by atoms with E-state index in [1.165, 1.54) is 24.7 Å². The summed E-state index contributed by atoms with van der Waals surface area (Å²) in [6, 6.07) is 0. The van der Waals surface area contributed by atoms with E-state index in [1.54, 1.807) is 0 Å². The fourth-order valence-corrected chi connectivity index (χ4v) is 3.03. The zero-order valence-electron chi connectivity index (χ0n) is 23.4. The zero-order chi connectivity index (χ0) is 26.4. The van der Waals surface area contributed by atoms with Crippen molar-refractivity contribution >= 4 is 5.97 Å². The Morgan fingerprint density at radius 2 is 1.14 bits per heavy atom. The molecule has 0 aromatic carbocycles. The van der Waals surface area contributed by atoms with Crippen LogP contribution >= 0.6 is 0 Å². The van der Waals surface area contributed by atoms with E-state index in [0.29, 0.717) is 44.2 Å². The van der Waals surface area contributed by atoms with E-state index in [4.69, 9.17) is 29.0 Å².